The van der Waals surface area contributed by atoms with Gasteiger partial charge < -0.3 is 9.97 Å². The van der Waals surface area contributed by atoms with Crippen LogP contribution in [0.4, 0.5) is 0 Å². The molecule has 2 N–H and O–H groups in total. The highest BCUT2D eigenvalue weighted by Crippen LogP contribution is 2.33. The molecule has 0 aliphatic heterocycles. The lowest BCUT2D eigenvalue weighted by atomic mass is 9.93. The molecule has 0 bridgehead atoms. The Labute approximate surface area is 140 Å². The van der Waals surface area contributed by atoms with Crippen LogP contribution in [-0.4, -0.2) is 19.9 Å². The first kappa shape index (κ1) is 14.2. The van der Waals surface area contributed by atoms with Gasteiger partial charge in [-0.05, 0) is 11.1 Å². The molecular weight excluding hydrogens is 296 g/mol. The highest BCUT2D eigenvalue weighted by atomic mass is 14.9. The quantitative estimate of drug-likeness (QED) is 0.556. The maximum absolute atomic E-state index is 4.49. The lowest BCUT2D eigenvalue weighted by Gasteiger charge is -2.13. The molecule has 116 valence electrons. The third kappa shape index (κ3) is 2.65. The van der Waals surface area contributed by atoms with Gasteiger partial charge in [0.05, 0.1) is 0 Å². The molecule has 0 aliphatic carbocycles. The SMILES string of the molecule is c1ccc(C(=C(c2ccccc2)c2ncc[nH]2)c2ncc[nH]2)cc1. The summed E-state index contributed by atoms with van der Waals surface area (Å²) in [5.74, 6) is 1.63. The zero-order valence-corrected chi connectivity index (χ0v) is 13.0. The fraction of sp³-hybridized carbons (Fsp3) is 0. The van der Waals surface area contributed by atoms with Crippen molar-refractivity contribution in [2.45, 2.75) is 0 Å². The van der Waals surface area contributed by atoms with E-state index in [-0.39, 0.29) is 0 Å². The van der Waals surface area contributed by atoms with Crippen LogP contribution in [0.1, 0.15) is 22.8 Å². The lowest BCUT2D eigenvalue weighted by Crippen LogP contribution is -2.00. The lowest BCUT2D eigenvalue weighted by molar-refractivity contribution is 1.21. The van der Waals surface area contributed by atoms with E-state index in [1.54, 1.807) is 12.4 Å². The van der Waals surface area contributed by atoms with Gasteiger partial charge in [0, 0.05) is 35.9 Å². The first-order valence-corrected chi connectivity index (χ1v) is 7.78. The Morgan fingerprint density at radius 1 is 0.583 bits per heavy atom. The summed E-state index contributed by atoms with van der Waals surface area (Å²) in [6.45, 7) is 0. The molecule has 0 aliphatic rings. The van der Waals surface area contributed by atoms with Crippen LogP contribution >= 0.6 is 0 Å². The molecule has 2 aromatic carbocycles. The van der Waals surface area contributed by atoms with E-state index in [4.69, 9.17) is 0 Å². The van der Waals surface area contributed by atoms with Gasteiger partial charge >= 0.3 is 0 Å². The normalized spacial score (nSPS) is 12.0. The van der Waals surface area contributed by atoms with Crippen molar-refractivity contribution >= 4 is 11.1 Å². The minimum atomic E-state index is 0.816. The van der Waals surface area contributed by atoms with Crippen molar-refractivity contribution in [3.8, 4) is 0 Å². The van der Waals surface area contributed by atoms with Crippen LogP contribution < -0.4 is 0 Å². The molecule has 2 aromatic heterocycles. The summed E-state index contributed by atoms with van der Waals surface area (Å²) < 4.78 is 0. The third-order valence-electron chi connectivity index (χ3n) is 3.84. The van der Waals surface area contributed by atoms with Gasteiger partial charge in [-0.1, -0.05) is 60.7 Å². The van der Waals surface area contributed by atoms with Gasteiger partial charge in [0.2, 0.25) is 0 Å². The van der Waals surface area contributed by atoms with Gasteiger partial charge in [0.1, 0.15) is 11.6 Å². The zero-order valence-electron chi connectivity index (χ0n) is 13.0. The van der Waals surface area contributed by atoms with Crippen molar-refractivity contribution in [3.63, 3.8) is 0 Å². The summed E-state index contributed by atoms with van der Waals surface area (Å²) in [5.41, 5.74) is 4.20. The smallest absolute Gasteiger partial charge is 0.138 e. The number of nitrogens with one attached hydrogen (secondary N) is 2. The number of aromatic amines is 2. The van der Waals surface area contributed by atoms with E-state index < -0.39 is 0 Å². The minimum absolute atomic E-state index is 0.816. The molecule has 0 spiro atoms. The van der Waals surface area contributed by atoms with E-state index in [1.807, 2.05) is 48.8 Å². The maximum Gasteiger partial charge on any atom is 0.138 e. The van der Waals surface area contributed by atoms with Crippen molar-refractivity contribution in [2.24, 2.45) is 0 Å². The molecule has 4 nitrogen and oxygen atoms in total. The zero-order chi connectivity index (χ0) is 16.2. The minimum Gasteiger partial charge on any atom is -0.345 e. The largest absolute Gasteiger partial charge is 0.345 e. The molecule has 4 aromatic rings. The van der Waals surface area contributed by atoms with Gasteiger partial charge in [0.25, 0.3) is 0 Å². The number of hydrogen-bond donors (Lipinski definition) is 2. The van der Waals surface area contributed by atoms with Crippen molar-refractivity contribution in [1.82, 2.24) is 19.9 Å². The molecule has 2 heterocycles. The van der Waals surface area contributed by atoms with Crippen molar-refractivity contribution in [3.05, 3.63) is 108 Å². The molecule has 0 unspecified atom stereocenters. The van der Waals surface area contributed by atoms with Crippen LogP contribution in [0, 0.1) is 0 Å². The van der Waals surface area contributed by atoms with Crippen LogP contribution in [0.3, 0.4) is 0 Å². The highest BCUT2D eigenvalue weighted by molar-refractivity contribution is 6.01. The van der Waals surface area contributed by atoms with E-state index in [1.165, 1.54) is 0 Å². The first-order chi connectivity index (χ1) is 11.9. The second kappa shape index (κ2) is 6.38. The van der Waals surface area contributed by atoms with Gasteiger partial charge in [0.15, 0.2) is 0 Å². The molecule has 0 amide bonds. The summed E-state index contributed by atoms with van der Waals surface area (Å²) in [5, 5.41) is 0. The van der Waals surface area contributed by atoms with Gasteiger partial charge in [-0.15, -0.1) is 0 Å². The Bertz CT molecular complexity index is 842. The standard InChI is InChI=1S/C20H16N4/c1-3-7-15(8-4-1)17(19-21-11-12-22-19)18(20-23-13-14-24-20)16-9-5-2-6-10-16/h1-14H,(H,21,22)(H,23,24). The van der Waals surface area contributed by atoms with Crippen molar-refractivity contribution in [2.75, 3.05) is 0 Å². The monoisotopic (exact) mass is 312 g/mol. The van der Waals surface area contributed by atoms with E-state index >= 15 is 0 Å². The Morgan fingerprint density at radius 3 is 1.33 bits per heavy atom. The number of aromatic nitrogens is 4. The molecule has 4 rings (SSSR count). The summed E-state index contributed by atoms with van der Waals surface area (Å²) in [6, 6.07) is 20.5. The number of imidazole rings is 2. The van der Waals surface area contributed by atoms with Crippen molar-refractivity contribution < 1.29 is 0 Å². The maximum atomic E-state index is 4.49. The Hall–Kier alpha value is -3.40. The average Bonchev–Trinajstić information content (AvgIpc) is 3.35. The molecule has 0 saturated heterocycles. The van der Waals surface area contributed by atoms with Gasteiger partial charge in [-0.25, -0.2) is 9.97 Å². The van der Waals surface area contributed by atoms with Crippen LogP contribution in [0.25, 0.3) is 11.1 Å². The number of nitrogens with zero attached hydrogens (tertiary/aromatic N) is 2. The Kier molecular flexibility index (Phi) is 3.78. The fourth-order valence-electron chi connectivity index (χ4n) is 2.81. The number of benzene rings is 2. The van der Waals surface area contributed by atoms with Crippen LogP contribution in [0.5, 0.6) is 0 Å². The molecule has 4 heteroatoms. The number of H-pyrrole nitrogens is 2. The second-order valence-electron chi connectivity index (χ2n) is 5.36. The van der Waals surface area contributed by atoms with Crippen LogP contribution in [-0.2, 0) is 0 Å². The summed E-state index contributed by atoms with van der Waals surface area (Å²) in [4.78, 5) is 15.5. The summed E-state index contributed by atoms with van der Waals surface area (Å²) in [6.07, 6.45) is 7.21. The van der Waals surface area contributed by atoms with E-state index in [0.29, 0.717) is 0 Å². The summed E-state index contributed by atoms with van der Waals surface area (Å²) in [7, 11) is 0. The molecular formula is C20H16N4. The number of rotatable bonds is 4. The second-order valence-corrected chi connectivity index (χ2v) is 5.36. The third-order valence-corrected chi connectivity index (χ3v) is 3.84. The van der Waals surface area contributed by atoms with Crippen LogP contribution in [0.15, 0.2) is 85.5 Å². The van der Waals surface area contributed by atoms with E-state index in [0.717, 1.165) is 33.9 Å². The Balaban J connectivity index is 2.07. The first-order valence-electron chi connectivity index (χ1n) is 7.78. The fourth-order valence-corrected chi connectivity index (χ4v) is 2.81. The number of hydrogen-bond acceptors (Lipinski definition) is 2. The molecule has 0 radical (unpaired) electrons. The highest BCUT2D eigenvalue weighted by Gasteiger charge is 2.18. The van der Waals surface area contributed by atoms with Gasteiger partial charge in [-0.2, -0.15) is 0 Å². The molecule has 24 heavy (non-hydrogen) atoms. The molecule has 0 saturated carbocycles. The predicted molar refractivity (Wildman–Crippen MR) is 95.1 cm³/mol. The topological polar surface area (TPSA) is 57.4 Å². The van der Waals surface area contributed by atoms with E-state index in [2.05, 4.69) is 44.2 Å². The average molecular weight is 312 g/mol. The van der Waals surface area contributed by atoms with E-state index in [9.17, 15) is 0 Å². The predicted octanol–water partition coefficient (Wildman–Crippen LogP) is 4.14. The molecule has 0 atom stereocenters. The Morgan fingerprint density at radius 2 is 1.00 bits per heavy atom. The molecule has 0 fully saturated rings. The van der Waals surface area contributed by atoms with Crippen LogP contribution in [0.2, 0.25) is 0 Å². The van der Waals surface area contributed by atoms with Crippen molar-refractivity contribution in [1.29, 1.82) is 0 Å². The summed E-state index contributed by atoms with van der Waals surface area (Å²) >= 11 is 0. The van der Waals surface area contributed by atoms with Gasteiger partial charge in [-0.3, -0.25) is 0 Å².